The minimum Gasteiger partial charge on any atom is -0.478 e. The fourth-order valence-electron chi connectivity index (χ4n) is 1.30. The highest BCUT2D eigenvalue weighted by atomic mass is 35.5. The van der Waals surface area contributed by atoms with Crippen LogP contribution in [0.3, 0.4) is 0 Å². The van der Waals surface area contributed by atoms with Gasteiger partial charge in [-0.1, -0.05) is 25.4 Å². The highest BCUT2D eigenvalue weighted by molar-refractivity contribution is 7.89. The summed E-state index contributed by atoms with van der Waals surface area (Å²) in [6.45, 7) is 2.89. The van der Waals surface area contributed by atoms with E-state index < -0.39 is 42.7 Å². The molecule has 0 bridgehead atoms. The van der Waals surface area contributed by atoms with Gasteiger partial charge in [-0.2, -0.15) is 0 Å². The molecule has 0 saturated heterocycles. The van der Waals surface area contributed by atoms with E-state index in [1.54, 1.807) is 13.8 Å². The summed E-state index contributed by atoms with van der Waals surface area (Å²) in [4.78, 5) is 10.4. The summed E-state index contributed by atoms with van der Waals surface area (Å²) in [5.41, 5.74) is -1.35. The molecule has 0 heterocycles. The van der Waals surface area contributed by atoms with E-state index in [2.05, 4.69) is 4.72 Å². The molecule has 0 aliphatic rings. The quantitative estimate of drug-likeness (QED) is 0.728. The smallest absolute Gasteiger partial charge is 0.337 e. The molecule has 3 N–H and O–H groups in total. The normalized spacial score (nSPS) is 12.4. The number of hydrogen-bond donors (Lipinski definition) is 3. The number of aromatic carboxylic acids is 1. The number of sulfonamides is 1. The van der Waals surface area contributed by atoms with Crippen molar-refractivity contribution in [2.75, 3.05) is 13.2 Å². The third-order valence-corrected chi connectivity index (χ3v) is 4.48. The molecule has 9 heteroatoms. The van der Waals surface area contributed by atoms with Gasteiger partial charge in [-0.05, 0) is 12.1 Å². The molecule has 118 valence electrons. The second kappa shape index (κ2) is 6.27. The zero-order valence-corrected chi connectivity index (χ0v) is 12.9. The summed E-state index contributed by atoms with van der Waals surface area (Å²) >= 11 is 5.48. The first-order valence-corrected chi connectivity index (χ1v) is 7.69. The van der Waals surface area contributed by atoms with Crippen LogP contribution in [0.2, 0.25) is 5.02 Å². The van der Waals surface area contributed by atoms with Gasteiger partial charge >= 0.3 is 5.97 Å². The van der Waals surface area contributed by atoms with Gasteiger partial charge in [-0.25, -0.2) is 22.3 Å². The minimum atomic E-state index is -4.12. The molecule has 0 unspecified atom stereocenters. The average molecular weight is 340 g/mol. The van der Waals surface area contributed by atoms with E-state index in [1.807, 2.05) is 0 Å². The summed E-state index contributed by atoms with van der Waals surface area (Å²) in [7, 11) is -4.12. The van der Waals surface area contributed by atoms with Gasteiger partial charge in [-0.3, -0.25) is 0 Å². The van der Waals surface area contributed by atoms with Crippen molar-refractivity contribution in [1.82, 2.24) is 4.72 Å². The Morgan fingerprint density at radius 2 is 2.00 bits per heavy atom. The van der Waals surface area contributed by atoms with Crippen LogP contribution in [-0.4, -0.2) is 37.8 Å². The molecule has 0 aliphatic heterocycles. The molecule has 0 spiro atoms. The van der Waals surface area contributed by atoms with Crippen molar-refractivity contribution >= 4 is 27.6 Å². The molecule has 6 nitrogen and oxygen atoms in total. The van der Waals surface area contributed by atoms with E-state index >= 15 is 0 Å². The van der Waals surface area contributed by atoms with E-state index in [1.165, 1.54) is 0 Å². The van der Waals surface area contributed by atoms with Gasteiger partial charge in [-0.15, -0.1) is 0 Å². The Morgan fingerprint density at radius 1 is 1.43 bits per heavy atom. The Balaban J connectivity index is 3.18. The minimum absolute atomic E-state index is 0.0987. The molecule has 0 atom stereocenters. The van der Waals surface area contributed by atoms with Crippen LogP contribution in [0.25, 0.3) is 0 Å². The van der Waals surface area contributed by atoms with Crippen molar-refractivity contribution in [1.29, 1.82) is 0 Å². The molecule has 0 radical (unpaired) electrons. The van der Waals surface area contributed by atoms with E-state index in [4.69, 9.17) is 21.8 Å². The first-order chi connectivity index (χ1) is 9.50. The largest absolute Gasteiger partial charge is 0.478 e. The molecular formula is C12H15ClFNO5S. The number of aliphatic hydroxyl groups is 1. The summed E-state index contributed by atoms with van der Waals surface area (Å²) < 4.78 is 39.8. The lowest BCUT2D eigenvalue weighted by molar-refractivity contribution is 0.0696. The second-order valence-corrected chi connectivity index (χ2v) is 7.36. The van der Waals surface area contributed by atoms with Crippen LogP contribution < -0.4 is 4.72 Å². The van der Waals surface area contributed by atoms with Crippen molar-refractivity contribution in [2.24, 2.45) is 5.41 Å². The molecule has 0 aromatic heterocycles. The maximum absolute atomic E-state index is 13.5. The topological polar surface area (TPSA) is 104 Å². The molecule has 0 fully saturated rings. The molecule has 0 amide bonds. The van der Waals surface area contributed by atoms with Gasteiger partial charge in [0, 0.05) is 18.6 Å². The van der Waals surface area contributed by atoms with Crippen LogP contribution in [0, 0.1) is 11.2 Å². The maximum Gasteiger partial charge on any atom is 0.337 e. The third kappa shape index (κ3) is 4.37. The summed E-state index contributed by atoms with van der Waals surface area (Å²) in [5, 5.41) is 17.3. The SMILES string of the molecule is CC(C)(CO)CNS(=O)(=O)c1cc(F)c(Cl)c(C(=O)O)c1. The first kappa shape index (κ1) is 17.8. The Kier molecular flexibility index (Phi) is 5.32. The molecule has 1 aromatic rings. The van der Waals surface area contributed by atoms with Gasteiger partial charge in [0.25, 0.3) is 0 Å². The van der Waals surface area contributed by atoms with Crippen molar-refractivity contribution in [3.05, 3.63) is 28.5 Å². The van der Waals surface area contributed by atoms with Crippen LogP contribution in [0.4, 0.5) is 4.39 Å². The fraction of sp³-hybridized carbons (Fsp3) is 0.417. The maximum atomic E-state index is 13.5. The Bertz CT molecular complexity index is 660. The van der Waals surface area contributed by atoms with Crippen molar-refractivity contribution in [3.8, 4) is 0 Å². The van der Waals surface area contributed by atoms with Crippen molar-refractivity contribution < 1.29 is 27.8 Å². The number of rotatable bonds is 6. The Morgan fingerprint density at radius 3 is 2.48 bits per heavy atom. The summed E-state index contributed by atoms with van der Waals surface area (Å²) in [5.74, 6) is -2.68. The van der Waals surface area contributed by atoms with Crippen molar-refractivity contribution in [2.45, 2.75) is 18.7 Å². The summed E-state index contributed by atoms with van der Waals surface area (Å²) in [6.07, 6.45) is 0. The lowest BCUT2D eigenvalue weighted by atomic mass is 9.96. The lowest BCUT2D eigenvalue weighted by Crippen LogP contribution is -2.36. The van der Waals surface area contributed by atoms with Crippen LogP contribution in [0.5, 0.6) is 0 Å². The molecular weight excluding hydrogens is 325 g/mol. The predicted octanol–water partition coefficient (Wildman–Crippen LogP) is 1.47. The average Bonchev–Trinajstić information content (AvgIpc) is 2.39. The number of halogens is 2. The van der Waals surface area contributed by atoms with Gasteiger partial charge < -0.3 is 10.2 Å². The van der Waals surface area contributed by atoms with E-state index in [0.29, 0.717) is 6.07 Å². The van der Waals surface area contributed by atoms with E-state index in [-0.39, 0.29) is 13.2 Å². The van der Waals surface area contributed by atoms with Crippen molar-refractivity contribution in [3.63, 3.8) is 0 Å². The molecule has 1 aromatic carbocycles. The molecule has 0 aliphatic carbocycles. The van der Waals surface area contributed by atoms with Crippen LogP contribution in [0.1, 0.15) is 24.2 Å². The fourth-order valence-corrected chi connectivity index (χ4v) is 2.77. The number of hydrogen-bond acceptors (Lipinski definition) is 4. The van der Waals surface area contributed by atoms with Crippen LogP contribution >= 0.6 is 11.6 Å². The monoisotopic (exact) mass is 339 g/mol. The number of carboxylic acid groups (broad SMARTS) is 1. The highest BCUT2D eigenvalue weighted by Gasteiger charge is 2.24. The molecule has 0 saturated carbocycles. The van der Waals surface area contributed by atoms with Crippen LogP contribution in [-0.2, 0) is 10.0 Å². The van der Waals surface area contributed by atoms with Gasteiger partial charge in [0.1, 0.15) is 5.82 Å². The first-order valence-electron chi connectivity index (χ1n) is 5.83. The number of benzene rings is 1. The number of aliphatic hydroxyl groups excluding tert-OH is 1. The van der Waals surface area contributed by atoms with Gasteiger partial charge in [0.15, 0.2) is 0 Å². The van der Waals surface area contributed by atoms with E-state index in [9.17, 15) is 17.6 Å². The van der Waals surface area contributed by atoms with Gasteiger partial charge in [0.2, 0.25) is 10.0 Å². The zero-order chi connectivity index (χ0) is 16.4. The number of carbonyl (C=O) groups is 1. The Hall–Kier alpha value is -1.22. The highest BCUT2D eigenvalue weighted by Crippen LogP contribution is 2.25. The number of nitrogens with one attached hydrogen (secondary N) is 1. The number of carboxylic acids is 1. The second-order valence-electron chi connectivity index (χ2n) is 5.22. The standard InChI is InChI=1S/C12H15ClFNO5S/c1-12(2,6-16)5-15-21(19,20)7-3-8(11(17)18)10(13)9(14)4-7/h3-4,15-16H,5-6H2,1-2H3,(H,17,18). The van der Waals surface area contributed by atoms with E-state index in [0.717, 1.165) is 6.07 Å². The predicted molar refractivity (Wildman–Crippen MR) is 74.4 cm³/mol. The Labute approximate surface area is 126 Å². The molecule has 21 heavy (non-hydrogen) atoms. The van der Waals surface area contributed by atoms with Crippen LogP contribution in [0.15, 0.2) is 17.0 Å². The molecule has 1 rings (SSSR count). The summed E-state index contributed by atoms with van der Waals surface area (Å²) in [6, 6.07) is 1.42. The third-order valence-electron chi connectivity index (χ3n) is 2.71. The van der Waals surface area contributed by atoms with Gasteiger partial charge in [0.05, 0.1) is 15.5 Å². The zero-order valence-electron chi connectivity index (χ0n) is 11.4. The lowest BCUT2D eigenvalue weighted by Gasteiger charge is -2.21.